The fourth-order valence-electron chi connectivity index (χ4n) is 4.27. The first-order valence-corrected chi connectivity index (χ1v) is 11.8. The number of aryl methyl sites for hydroxylation is 1. The van der Waals surface area contributed by atoms with Crippen LogP contribution in [0.4, 0.5) is 0 Å². The van der Waals surface area contributed by atoms with Gasteiger partial charge in [0, 0.05) is 12.2 Å². The molecule has 1 saturated heterocycles. The number of esters is 1. The second-order valence-electron chi connectivity index (χ2n) is 8.24. The molecule has 1 N–H and O–H groups in total. The number of carbonyl (C=O) groups is 3. The second-order valence-corrected chi connectivity index (χ2v) is 9.35. The molecule has 0 bridgehead atoms. The summed E-state index contributed by atoms with van der Waals surface area (Å²) in [4.78, 5) is 39.5. The molecule has 2 amide bonds. The molecular weight excluding hydrogens is 416 g/mol. The molecule has 2 fully saturated rings. The number of hydrogen-bond donors (Lipinski definition) is 1. The van der Waals surface area contributed by atoms with Crippen LogP contribution in [0.15, 0.2) is 35.5 Å². The number of ether oxygens (including phenoxy) is 2. The van der Waals surface area contributed by atoms with Crippen LogP contribution in [0.2, 0.25) is 0 Å². The minimum absolute atomic E-state index is 0.0503. The number of methoxy groups -OCH3 is 1. The molecule has 8 heteroatoms. The SMILES string of the molecule is COc1ccc(CCC(=O)N[C@@H]2C(=O)N3C(C(=O)OC4CCCC4)=C(C)CS[C@H]23)cc1. The van der Waals surface area contributed by atoms with Gasteiger partial charge in [-0.3, -0.25) is 14.5 Å². The van der Waals surface area contributed by atoms with Crippen LogP contribution in [0.1, 0.15) is 44.6 Å². The summed E-state index contributed by atoms with van der Waals surface area (Å²) in [5, 5.41) is 2.60. The molecule has 3 aliphatic rings. The lowest BCUT2D eigenvalue weighted by atomic mass is 10.0. The van der Waals surface area contributed by atoms with Crippen LogP contribution >= 0.6 is 11.8 Å². The molecule has 2 aliphatic heterocycles. The number of carbonyl (C=O) groups excluding carboxylic acids is 3. The Kier molecular flexibility index (Phi) is 6.55. The number of benzene rings is 1. The number of amides is 2. The summed E-state index contributed by atoms with van der Waals surface area (Å²) in [6.45, 7) is 1.86. The van der Waals surface area contributed by atoms with E-state index in [-0.39, 0.29) is 23.3 Å². The highest BCUT2D eigenvalue weighted by atomic mass is 32.2. The third kappa shape index (κ3) is 4.59. The lowest BCUT2D eigenvalue weighted by Crippen LogP contribution is -2.70. The van der Waals surface area contributed by atoms with Crippen LogP contribution in [0.3, 0.4) is 0 Å². The molecule has 0 unspecified atom stereocenters. The average molecular weight is 445 g/mol. The van der Waals surface area contributed by atoms with Gasteiger partial charge in [-0.25, -0.2) is 4.79 Å². The van der Waals surface area contributed by atoms with Gasteiger partial charge in [-0.05, 0) is 62.3 Å². The van der Waals surface area contributed by atoms with Crippen molar-refractivity contribution in [1.82, 2.24) is 10.2 Å². The summed E-state index contributed by atoms with van der Waals surface area (Å²) < 4.78 is 10.8. The fourth-order valence-corrected chi connectivity index (χ4v) is 5.56. The lowest BCUT2D eigenvalue weighted by Gasteiger charge is -2.49. The number of nitrogens with zero attached hydrogens (tertiary/aromatic N) is 1. The maximum absolute atomic E-state index is 12.8. The van der Waals surface area contributed by atoms with Gasteiger partial charge in [0.05, 0.1) is 7.11 Å². The van der Waals surface area contributed by atoms with Crippen LogP contribution in [-0.2, 0) is 25.5 Å². The van der Waals surface area contributed by atoms with Gasteiger partial charge in [0.2, 0.25) is 5.91 Å². The minimum atomic E-state index is -0.601. The fraction of sp³-hybridized carbons (Fsp3) is 0.522. The summed E-state index contributed by atoms with van der Waals surface area (Å²) in [6.07, 6.45) is 4.73. The summed E-state index contributed by atoms with van der Waals surface area (Å²) in [6, 6.07) is 6.97. The molecular formula is C23H28N2O5S. The van der Waals surface area contributed by atoms with Crippen molar-refractivity contribution in [3.8, 4) is 5.75 Å². The molecule has 0 aromatic heterocycles. The van der Waals surface area contributed by atoms with Crippen molar-refractivity contribution in [3.63, 3.8) is 0 Å². The van der Waals surface area contributed by atoms with E-state index in [0.717, 1.165) is 42.6 Å². The highest BCUT2D eigenvalue weighted by Gasteiger charge is 2.54. The van der Waals surface area contributed by atoms with Gasteiger partial charge in [0.25, 0.3) is 5.91 Å². The van der Waals surface area contributed by atoms with Crippen molar-refractivity contribution < 1.29 is 23.9 Å². The van der Waals surface area contributed by atoms with E-state index >= 15 is 0 Å². The largest absolute Gasteiger partial charge is 0.497 e. The van der Waals surface area contributed by atoms with Gasteiger partial charge in [0.1, 0.15) is 29.0 Å². The molecule has 31 heavy (non-hydrogen) atoms. The Balaban J connectivity index is 1.33. The Morgan fingerprint density at radius 3 is 2.58 bits per heavy atom. The molecule has 1 aromatic rings. The van der Waals surface area contributed by atoms with Gasteiger partial charge >= 0.3 is 5.97 Å². The summed E-state index contributed by atoms with van der Waals surface area (Å²) >= 11 is 1.57. The number of nitrogens with one attached hydrogen (secondary N) is 1. The number of rotatable bonds is 7. The Bertz CT molecular complexity index is 892. The molecule has 4 rings (SSSR count). The first kappa shape index (κ1) is 21.7. The smallest absolute Gasteiger partial charge is 0.355 e. The molecule has 1 saturated carbocycles. The number of thioether (sulfide) groups is 1. The van der Waals surface area contributed by atoms with Crippen LogP contribution in [0.25, 0.3) is 0 Å². The van der Waals surface area contributed by atoms with Crippen LogP contribution in [0, 0.1) is 0 Å². The van der Waals surface area contributed by atoms with Crippen molar-refractivity contribution in [2.75, 3.05) is 12.9 Å². The topological polar surface area (TPSA) is 84.9 Å². The van der Waals surface area contributed by atoms with E-state index in [4.69, 9.17) is 9.47 Å². The van der Waals surface area contributed by atoms with E-state index in [1.54, 1.807) is 18.9 Å². The van der Waals surface area contributed by atoms with Crippen molar-refractivity contribution >= 4 is 29.5 Å². The van der Waals surface area contributed by atoms with E-state index in [0.29, 0.717) is 24.3 Å². The van der Waals surface area contributed by atoms with E-state index in [1.807, 2.05) is 31.2 Å². The zero-order valence-electron chi connectivity index (χ0n) is 17.9. The lowest BCUT2D eigenvalue weighted by molar-refractivity contribution is -0.155. The van der Waals surface area contributed by atoms with Gasteiger partial charge in [-0.2, -0.15) is 0 Å². The maximum Gasteiger partial charge on any atom is 0.355 e. The van der Waals surface area contributed by atoms with Crippen molar-refractivity contribution in [2.45, 2.75) is 63.0 Å². The normalized spacial score (nSPS) is 23.3. The molecule has 1 aliphatic carbocycles. The predicted octanol–water partition coefficient (Wildman–Crippen LogP) is 2.79. The average Bonchev–Trinajstić information content (AvgIpc) is 3.29. The number of fused-ring (bicyclic) bond motifs is 1. The summed E-state index contributed by atoms with van der Waals surface area (Å²) in [5.41, 5.74) is 2.24. The minimum Gasteiger partial charge on any atom is -0.497 e. The quantitative estimate of drug-likeness (QED) is 0.514. The van der Waals surface area contributed by atoms with Gasteiger partial charge in [-0.1, -0.05) is 12.1 Å². The highest BCUT2D eigenvalue weighted by Crippen LogP contribution is 2.41. The third-order valence-corrected chi connectivity index (χ3v) is 7.47. The molecule has 2 heterocycles. The van der Waals surface area contributed by atoms with Crippen molar-refractivity contribution in [3.05, 3.63) is 41.1 Å². The van der Waals surface area contributed by atoms with E-state index < -0.39 is 12.0 Å². The van der Waals surface area contributed by atoms with E-state index in [9.17, 15) is 14.4 Å². The molecule has 2 atom stereocenters. The first-order chi connectivity index (χ1) is 15.0. The van der Waals surface area contributed by atoms with Crippen LogP contribution in [0.5, 0.6) is 5.75 Å². The van der Waals surface area contributed by atoms with Crippen LogP contribution in [-0.4, -0.2) is 53.1 Å². The van der Waals surface area contributed by atoms with Crippen molar-refractivity contribution in [1.29, 1.82) is 0 Å². The first-order valence-electron chi connectivity index (χ1n) is 10.8. The predicted molar refractivity (Wildman–Crippen MR) is 117 cm³/mol. The molecule has 166 valence electrons. The van der Waals surface area contributed by atoms with E-state index in [1.165, 1.54) is 4.90 Å². The molecule has 7 nitrogen and oxygen atoms in total. The zero-order chi connectivity index (χ0) is 22.0. The third-order valence-electron chi connectivity index (χ3n) is 6.04. The Morgan fingerprint density at radius 2 is 1.90 bits per heavy atom. The van der Waals surface area contributed by atoms with Gasteiger partial charge in [-0.15, -0.1) is 11.8 Å². The van der Waals surface area contributed by atoms with Crippen molar-refractivity contribution in [2.24, 2.45) is 0 Å². The molecule has 0 spiro atoms. The standard InChI is InChI=1S/C23H28N2O5S/c1-14-13-31-22-19(24-18(26)12-9-15-7-10-16(29-2)11-8-15)21(27)25(22)20(14)23(28)30-17-5-3-4-6-17/h7-8,10-11,17,19,22H,3-6,9,12-13H2,1-2H3,(H,24,26)/t19-,22-/m1/s1. The maximum atomic E-state index is 12.8. The van der Waals surface area contributed by atoms with E-state index in [2.05, 4.69) is 5.32 Å². The summed E-state index contributed by atoms with van der Waals surface area (Å²) in [7, 11) is 1.61. The molecule has 1 aromatic carbocycles. The Labute approximate surface area is 186 Å². The van der Waals surface area contributed by atoms with Gasteiger partial charge < -0.3 is 14.8 Å². The summed E-state index contributed by atoms with van der Waals surface area (Å²) in [5.74, 6) is 0.589. The Hall–Kier alpha value is -2.48. The second kappa shape index (κ2) is 9.34. The monoisotopic (exact) mass is 444 g/mol. The Morgan fingerprint density at radius 1 is 1.19 bits per heavy atom. The number of β-lactam (4-membered cyclic amide) rings is 1. The zero-order valence-corrected chi connectivity index (χ0v) is 18.7. The molecule has 0 radical (unpaired) electrons. The number of hydrogen-bond acceptors (Lipinski definition) is 6. The van der Waals surface area contributed by atoms with Gasteiger partial charge in [0.15, 0.2) is 0 Å². The highest BCUT2D eigenvalue weighted by molar-refractivity contribution is 8.00. The van der Waals surface area contributed by atoms with Crippen LogP contribution < -0.4 is 10.1 Å².